The van der Waals surface area contributed by atoms with Crippen LogP contribution in [0.15, 0.2) is 54.7 Å². The van der Waals surface area contributed by atoms with Crippen LogP contribution in [0.3, 0.4) is 0 Å². The molecule has 1 N–H and O–H groups in total. The maximum atomic E-state index is 13.4. The predicted molar refractivity (Wildman–Crippen MR) is 119 cm³/mol. The molecular formula is C21H21ClN4O4S. The molecule has 0 aliphatic heterocycles. The van der Waals surface area contributed by atoms with Crippen LogP contribution in [-0.4, -0.2) is 32.5 Å². The lowest BCUT2D eigenvalue weighted by atomic mass is 9.85. The smallest absolute Gasteiger partial charge is 0.277 e. The van der Waals surface area contributed by atoms with E-state index in [0.717, 1.165) is 5.06 Å². The van der Waals surface area contributed by atoms with Crippen LogP contribution in [0.25, 0.3) is 10.9 Å². The van der Waals surface area contributed by atoms with E-state index in [1.54, 1.807) is 48.7 Å². The van der Waals surface area contributed by atoms with E-state index in [1.807, 2.05) is 23.6 Å². The van der Waals surface area contributed by atoms with Gasteiger partial charge in [-0.05, 0) is 42.3 Å². The van der Waals surface area contributed by atoms with Crippen LogP contribution >= 0.6 is 11.6 Å². The molecule has 2 aromatic carbocycles. The molecular weight excluding hydrogens is 440 g/mol. The van der Waals surface area contributed by atoms with Gasteiger partial charge in [0.15, 0.2) is 0 Å². The van der Waals surface area contributed by atoms with Crippen molar-refractivity contribution < 1.29 is 17.5 Å². The van der Waals surface area contributed by atoms with Gasteiger partial charge >= 0.3 is 0 Å². The van der Waals surface area contributed by atoms with E-state index >= 15 is 0 Å². The summed E-state index contributed by atoms with van der Waals surface area (Å²) in [6.07, 6.45) is 2.15. The Balaban J connectivity index is 2.25. The van der Waals surface area contributed by atoms with Crippen molar-refractivity contribution in [1.29, 1.82) is 5.26 Å². The number of hydrogen-bond acceptors (Lipinski definition) is 6. The second kappa shape index (κ2) is 9.39. The first-order chi connectivity index (χ1) is 14.8. The van der Waals surface area contributed by atoms with Crippen LogP contribution in [0.4, 0.5) is 5.69 Å². The second-order valence-corrected chi connectivity index (χ2v) is 7.81. The molecule has 1 atom stereocenters. The molecule has 0 spiro atoms. The minimum absolute atomic E-state index is 0.133. The Kier molecular flexibility index (Phi) is 6.85. The van der Waals surface area contributed by atoms with Gasteiger partial charge in [-0.2, -0.15) is 9.55 Å². The minimum atomic E-state index is -3.08. The van der Waals surface area contributed by atoms with Crippen molar-refractivity contribution in [2.45, 2.75) is 18.9 Å². The molecule has 162 valence electrons. The maximum Gasteiger partial charge on any atom is 0.277 e. The Morgan fingerprint density at radius 1 is 1.26 bits per heavy atom. The summed E-state index contributed by atoms with van der Waals surface area (Å²) in [5.41, 5.74) is 0.752. The van der Waals surface area contributed by atoms with Crippen molar-refractivity contribution in [3.8, 4) is 6.07 Å². The third kappa shape index (κ3) is 4.23. The number of halogens is 1. The van der Waals surface area contributed by atoms with Gasteiger partial charge in [-0.1, -0.05) is 36.7 Å². The Bertz CT molecular complexity index is 1210. The molecule has 0 fully saturated rings. The van der Waals surface area contributed by atoms with Crippen molar-refractivity contribution in [2.75, 3.05) is 18.7 Å². The van der Waals surface area contributed by atoms with E-state index < -0.39 is 16.5 Å². The topological polar surface area (TPSA) is 104 Å². The molecule has 3 rings (SSSR count). The third-order valence-corrected chi connectivity index (χ3v) is 5.82. The van der Waals surface area contributed by atoms with Gasteiger partial charge in [0.2, 0.25) is 0 Å². The Morgan fingerprint density at radius 3 is 2.58 bits per heavy atom. The van der Waals surface area contributed by atoms with Crippen molar-refractivity contribution >= 4 is 45.1 Å². The van der Waals surface area contributed by atoms with Crippen molar-refractivity contribution in [1.82, 2.24) is 9.88 Å². The zero-order chi connectivity index (χ0) is 22.6. The van der Waals surface area contributed by atoms with Gasteiger partial charge in [-0.15, -0.1) is 0 Å². The summed E-state index contributed by atoms with van der Waals surface area (Å²) in [4.78, 5) is 13.4. The van der Waals surface area contributed by atoms with Crippen LogP contribution < -0.4 is 10.4 Å². The summed E-state index contributed by atoms with van der Waals surface area (Å²) in [5.74, 6) is -0.339. The minimum Gasteiger partial charge on any atom is -0.341 e. The van der Waals surface area contributed by atoms with E-state index in [2.05, 4.69) is 5.32 Å². The van der Waals surface area contributed by atoms with Gasteiger partial charge in [0.05, 0.1) is 17.3 Å². The number of nitriles is 1. The number of hydroxylamine groups is 1. The molecule has 0 aliphatic carbocycles. The first-order valence-corrected chi connectivity index (χ1v) is 10.9. The summed E-state index contributed by atoms with van der Waals surface area (Å²) in [6, 6.07) is 16.0. The summed E-state index contributed by atoms with van der Waals surface area (Å²) < 4.78 is 28.7. The van der Waals surface area contributed by atoms with Crippen molar-refractivity contribution in [2.24, 2.45) is 0 Å². The quantitative estimate of drug-likeness (QED) is 0.304. The molecule has 8 nitrogen and oxygen atoms in total. The Hall–Kier alpha value is -3.06. The molecule has 0 radical (unpaired) electrons. The molecule has 0 saturated heterocycles. The lowest BCUT2D eigenvalue weighted by molar-refractivity contribution is -0.127. The van der Waals surface area contributed by atoms with E-state index in [4.69, 9.17) is 21.1 Å². The lowest BCUT2D eigenvalue weighted by Gasteiger charge is -2.34. The number of carbonyl (C=O) groups excluding carboxylic acids is 1. The van der Waals surface area contributed by atoms with E-state index in [9.17, 15) is 13.2 Å². The molecule has 10 heteroatoms. The average Bonchev–Trinajstić information content (AvgIpc) is 3.18. The summed E-state index contributed by atoms with van der Waals surface area (Å²) in [6.45, 7) is 1.75. The molecule has 3 aromatic rings. The predicted octanol–water partition coefficient (Wildman–Crippen LogP) is 2.98. The maximum absolute atomic E-state index is 13.4. The third-order valence-electron chi connectivity index (χ3n) is 5.19. The van der Waals surface area contributed by atoms with Gasteiger partial charge in [0, 0.05) is 23.7 Å². The number of fused-ring (bicyclic) bond motifs is 1. The molecule has 1 unspecified atom stereocenters. The fraction of sp³-hybridized carbons (Fsp3) is 0.238. The van der Waals surface area contributed by atoms with Gasteiger partial charge in [-0.25, -0.2) is 13.5 Å². The van der Waals surface area contributed by atoms with Gasteiger partial charge in [-0.3, -0.25) is 4.79 Å². The van der Waals surface area contributed by atoms with E-state index in [-0.39, 0.29) is 12.5 Å². The van der Waals surface area contributed by atoms with Gasteiger partial charge in [0.25, 0.3) is 16.9 Å². The first-order valence-electron chi connectivity index (χ1n) is 9.43. The van der Waals surface area contributed by atoms with E-state index in [1.165, 1.54) is 7.05 Å². The number of benzene rings is 2. The molecule has 31 heavy (non-hydrogen) atoms. The van der Waals surface area contributed by atoms with Crippen LogP contribution in [0.1, 0.15) is 18.9 Å². The van der Waals surface area contributed by atoms with Crippen LogP contribution in [0, 0.1) is 11.3 Å². The first kappa shape index (κ1) is 22.6. The highest BCUT2D eigenvalue weighted by Crippen LogP contribution is 2.37. The van der Waals surface area contributed by atoms with Gasteiger partial charge < -0.3 is 9.88 Å². The number of amides is 1. The number of hydrogen-bond donors (Lipinski definition) is 2. The second-order valence-electron chi connectivity index (χ2n) is 6.76. The number of aromatic nitrogens is 1. The van der Waals surface area contributed by atoms with Crippen LogP contribution in [-0.2, 0) is 25.6 Å². The monoisotopic (exact) mass is 460 g/mol. The molecule has 0 saturated carbocycles. The molecule has 0 bridgehead atoms. The van der Waals surface area contributed by atoms with Gasteiger partial charge in [0.1, 0.15) is 12.1 Å². The number of anilines is 1. The average molecular weight is 461 g/mol. The van der Waals surface area contributed by atoms with Crippen molar-refractivity contribution in [3.63, 3.8) is 0 Å². The highest BCUT2D eigenvalue weighted by atomic mass is 35.5. The molecule has 1 amide bonds. The fourth-order valence-electron chi connectivity index (χ4n) is 3.81. The normalized spacial score (nSPS) is 13.0. The Labute approximate surface area is 186 Å². The van der Waals surface area contributed by atoms with Crippen LogP contribution in [0.5, 0.6) is 0 Å². The summed E-state index contributed by atoms with van der Waals surface area (Å²) in [7, 11) is -1.59. The zero-order valence-corrected chi connectivity index (χ0v) is 18.6. The number of thiol groups is 1. The molecule has 0 aliphatic rings. The standard InChI is InChI=1S/C21H21ClN4O4S/c1-3-21(20(27)24-13-12-23,15-7-9-16(22)10-8-15)26-14-11-17-18(5-4-6-19(17)26)25(2)30-31(28)29/h4-11,14,31H,3,13H2,1-2H3,(H,24,27). The molecule has 1 aromatic heterocycles. The van der Waals surface area contributed by atoms with Crippen LogP contribution in [0.2, 0.25) is 5.02 Å². The largest absolute Gasteiger partial charge is 0.341 e. The number of rotatable bonds is 8. The highest BCUT2D eigenvalue weighted by molar-refractivity contribution is 7.67. The fourth-order valence-corrected chi connectivity index (χ4v) is 4.22. The Morgan fingerprint density at radius 2 is 1.97 bits per heavy atom. The summed E-state index contributed by atoms with van der Waals surface area (Å²) >= 11 is 6.07. The SMILES string of the molecule is CCC(C(=O)NCC#N)(c1ccc(Cl)cc1)n1ccc2c(N(C)O[SH](=O)=O)cccc21. The number of nitrogens with zero attached hydrogens (tertiary/aromatic N) is 3. The number of carbonyl (C=O) groups is 1. The zero-order valence-electron chi connectivity index (χ0n) is 16.9. The highest BCUT2D eigenvalue weighted by Gasteiger charge is 2.41. The molecule has 1 heterocycles. The van der Waals surface area contributed by atoms with E-state index in [0.29, 0.717) is 33.6 Å². The number of nitrogens with one attached hydrogen (secondary N) is 1. The summed E-state index contributed by atoms with van der Waals surface area (Å²) in [5, 5.41) is 14.1. The lowest BCUT2D eigenvalue weighted by Crippen LogP contribution is -2.49. The van der Waals surface area contributed by atoms with Crippen molar-refractivity contribution in [3.05, 3.63) is 65.3 Å².